The Morgan fingerprint density at radius 1 is 1.19 bits per heavy atom. The lowest BCUT2D eigenvalue weighted by atomic mass is 10.1. The highest BCUT2D eigenvalue weighted by Crippen LogP contribution is 2.19. The Bertz CT molecular complexity index is 626. The predicted molar refractivity (Wildman–Crippen MR) is 86.0 cm³/mol. The number of nitrogens with one attached hydrogen (secondary N) is 1. The van der Waals surface area contributed by atoms with Gasteiger partial charge in [0.05, 0.1) is 12.5 Å². The number of halogens is 1. The van der Waals surface area contributed by atoms with Gasteiger partial charge in [0.2, 0.25) is 5.91 Å². The Kier molecular flexibility index (Phi) is 5.23. The maximum Gasteiger partial charge on any atom is 0.228 e. The monoisotopic (exact) mass is 303 g/mol. The van der Waals surface area contributed by atoms with Crippen molar-refractivity contribution >= 4 is 23.2 Å². The number of anilines is 1. The van der Waals surface area contributed by atoms with Crippen LogP contribution in [0.3, 0.4) is 0 Å². The Morgan fingerprint density at radius 2 is 1.95 bits per heavy atom. The molecule has 4 heteroatoms. The third kappa shape index (κ3) is 5.12. The van der Waals surface area contributed by atoms with Gasteiger partial charge in [-0.05, 0) is 43.7 Å². The minimum absolute atomic E-state index is 0.0843. The maximum atomic E-state index is 12.0. The average molecular weight is 304 g/mol. The van der Waals surface area contributed by atoms with Crippen LogP contribution in [0.1, 0.15) is 19.4 Å². The van der Waals surface area contributed by atoms with Gasteiger partial charge in [0.25, 0.3) is 0 Å². The fourth-order valence-electron chi connectivity index (χ4n) is 1.96. The van der Waals surface area contributed by atoms with Crippen molar-refractivity contribution in [3.63, 3.8) is 0 Å². The first-order chi connectivity index (χ1) is 10.0. The number of ether oxygens (including phenoxy) is 1. The van der Waals surface area contributed by atoms with Crippen LogP contribution in [0, 0.1) is 0 Å². The first-order valence-corrected chi connectivity index (χ1v) is 7.22. The molecule has 0 fully saturated rings. The molecule has 0 atom stereocenters. The summed E-state index contributed by atoms with van der Waals surface area (Å²) in [6.45, 7) is 3.93. The predicted octanol–water partition coefficient (Wildman–Crippen LogP) is 4.31. The van der Waals surface area contributed by atoms with Crippen LogP contribution in [0.2, 0.25) is 5.02 Å². The summed E-state index contributed by atoms with van der Waals surface area (Å²) in [5.74, 6) is 0.657. The molecule has 0 aromatic heterocycles. The molecule has 1 N–H and O–H groups in total. The first-order valence-electron chi connectivity index (χ1n) is 6.84. The Hall–Kier alpha value is -2.00. The molecule has 3 nitrogen and oxygen atoms in total. The van der Waals surface area contributed by atoms with Crippen molar-refractivity contribution in [2.45, 2.75) is 26.4 Å². The molecule has 2 aromatic carbocycles. The van der Waals surface area contributed by atoms with E-state index in [1.54, 1.807) is 12.1 Å². The topological polar surface area (TPSA) is 38.3 Å². The van der Waals surface area contributed by atoms with Crippen LogP contribution in [0.5, 0.6) is 5.75 Å². The molecule has 0 heterocycles. The lowest BCUT2D eigenvalue weighted by Gasteiger charge is -2.11. The van der Waals surface area contributed by atoms with Gasteiger partial charge in [-0.25, -0.2) is 0 Å². The summed E-state index contributed by atoms with van der Waals surface area (Å²) in [5, 5.41) is 3.49. The van der Waals surface area contributed by atoms with E-state index in [-0.39, 0.29) is 18.4 Å². The van der Waals surface area contributed by atoms with Gasteiger partial charge in [0.15, 0.2) is 0 Å². The second kappa shape index (κ2) is 7.14. The van der Waals surface area contributed by atoms with E-state index in [1.807, 2.05) is 50.2 Å². The average Bonchev–Trinajstić information content (AvgIpc) is 2.37. The fourth-order valence-corrected chi connectivity index (χ4v) is 2.17. The molecule has 0 saturated heterocycles. The molecule has 0 bridgehead atoms. The third-order valence-corrected chi connectivity index (χ3v) is 2.98. The summed E-state index contributed by atoms with van der Waals surface area (Å²) in [7, 11) is 0. The minimum atomic E-state index is -0.0843. The zero-order chi connectivity index (χ0) is 15.2. The number of carbonyl (C=O) groups is 1. The van der Waals surface area contributed by atoms with Gasteiger partial charge in [0.1, 0.15) is 5.75 Å². The number of hydrogen-bond acceptors (Lipinski definition) is 2. The van der Waals surface area contributed by atoms with Gasteiger partial charge < -0.3 is 10.1 Å². The number of carbonyl (C=O) groups excluding carboxylic acids is 1. The van der Waals surface area contributed by atoms with Crippen LogP contribution >= 0.6 is 11.6 Å². The van der Waals surface area contributed by atoms with Gasteiger partial charge in [0, 0.05) is 16.8 Å². The number of benzene rings is 2. The summed E-state index contributed by atoms with van der Waals surface area (Å²) in [5.41, 5.74) is 1.61. The van der Waals surface area contributed by atoms with E-state index in [2.05, 4.69) is 5.32 Å². The van der Waals surface area contributed by atoms with E-state index in [4.69, 9.17) is 16.3 Å². The molecule has 0 radical (unpaired) electrons. The summed E-state index contributed by atoms with van der Waals surface area (Å²) in [6, 6.07) is 14.7. The van der Waals surface area contributed by atoms with Crippen molar-refractivity contribution in [3.05, 3.63) is 59.1 Å². The maximum absolute atomic E-state index is 12.0. The highest BCUT2D eigenvalue weighted by atomic mass is 35.5. The SMILES string of the molecule is CC(C)Oc1cccc(NC(=O)Cc2cccc(Cl)c2)c1. The highest BCUT2D eigenvalue weighted by molar-refractivity contribution is 6.30. The molecule has 0 aliphatic rings. The Morgan fingerprint density at radius 3 is 2.67 bits per heavy atom. The second-order valence-corrected chi connectivity index (χ2v) is 5.49. The van der Waals surface area contributed by atoms with E-state index in [1.165, 1.54) is 0 Å². The lowest BCUT2D eigenvalue weighted by molar-refractivity contribution is -0.115. The standard InChI is InChI=1S/C17H18ClNO2/c1-12(2)21-16-8-4-7-15(11-16)19-17(20)10-13-5-3-6-14(18)9-13/h3-9,11-12H,10H2,1-2H3,(H,19,20). The molecule has 21 heavy (non-hydrogen) atoms. The fraction of sp³-hybridized carbons (Fsp3) is 0.235. The van der Waals surface area contributed by atoms with Crippen LogP contribution in [-0.2, 0) is 11.2 Å². The van der Waals surface area contributed by atoms with Gasteiger partial charge in [-0.3, -0.25) is 4.79 Å². The molecule has 2 aromatic rings. The van der Waals surface area contributed by atoms with Gasteiger partial charge in [-0.1, -0.05) is 29.8 Å². The molecule has 110 valence electrons. The van der Waals surface area contributed by atoms with Gasteiger partial charge in [-0.2, -0.15) is 0 Å². The lowest BCUT2D eigenvalue weighted by Crippen LogP contribution is -2.14. The minimum Gasteiger partial charge on any atom is -0.491 e. The molecule has 1 amide bonds. The van der Waals surface area contributed by atoms with Gasteiger partial charge >= 0.3 is 0 Å². The summed E-state index contributed by atoms with van der Waals surface area (Å²) < 4.78 is 5.60. The molecule has 0 spiro atoms. The molecular formula is C17H18ClNO2. The van der Waals surface area contributed by atoms with Crippen molar-refractivity contribution < 1.29 is 9.53 Å². The van der Waals surface area contributed by atoms with Gasteiger partial charge in [-0.15, -0.1) is 0 Å². The van der Waals surface area contributed by atoms with Crippen LogP contribution in [0.15, 0.2) is 48.5 Å². The van der Waals surface area contributed by atoms with Crippen molar-refractivity contribution in [1.82, 2.24) is 0 Å². The number of rotatable bonds is 5. The Balaban J connectivity index is 1.99. The van der Waals surface area contributed by atoms with Crippen molar-refractivity contribution in [2.75, 3.05) is 5.32 Å². The normalized spacial score (nSPS) is 10.5. The van der Waals surface area contributed by atoms with E-state index in [9.17, 15) is 4.79 Å². The zero-order valence-corrected chi connectivity index (χ0v) is 12.9. The molecule has 0 unspecified atom stereocenters. The first kappa shape index (κ1) is 15.4. The van der Waals surface area contributed by atoms with E-state index >= 15 is 0 Å². The molecular weight excluding hydrogens is 286 g/mol. The van der Waals surface area contributed by atoms with Crippen LogP contribution in [0.4, 0.5) is 5.69 Å². The van der Waals surface area contributed by atoms with E-state index in [0.717, 1.165) is 17.0 Å². The van der Waals surface area contributed by atoms with Crippen molar-refractivity contribution in [3.8, 4) is 5.75 Å². The summed E-state index contributed by atoms with van der Waals surface area (Å²) >= 11 is 5.91. The van der Waals surface area contributed by atoms with Crippen molar-refractivity contribution in [2.24, 2.45) is 0 Å². The van der Waals surface area contributed by atoms with Crippen LogP contribution in [-0.4, -0.2) is 12.0 Å². The summed E-state index contributed by atoms with van der Waals surface area (Å²) in [4.78, 5) is 12.0. The number of hydrogen-bond donors (Lipinski definition) is 1. The van der Waals surface area contributed by atoms with Crippen LogP contribution in [0.25, 0.3) is 0 Å². The molecule has 0 aliphatic carbocycles. The molecule has 0 aliphatic heterocycles. The quantitative estimate of drug-likeness (QED) is 0.894. The van der Waals surface area contributed by atoms with Crippen LogP contribution < -0.4 is 10.1 Å². The molecule has 2 rings (SSSR count). The highest BCUT2D eigenvalue weighted by Gasteiger charge is 2.06. The van der Waals surface area contributed by atoms with E-state index in [0.29, 0.717) is 5.02 Å². The second-order valence-electron chi connectivity index (χ2n) is 5.05. The Labute approximate surface area is 129 Å². The third-order valence-electron chi connectivity index (χ3n) is 2.74. The van der Waals surface area contributed by atoms with E-state index < -0.39 is 0 Å². The largest absolute Gasteiger partial charge is 0.491 e. The zero-order valence-electron chi connectivity index (χ0n) is 12.1. The number of amides is 1. The smallest absolute Gasteiger partial charge is 0.228 e. The molecule has 0 saturated carbocycles. The summed E-state index contributed by atoms with van der Waals surface area (Å²) in [6.07, 6.45) is 0.387. The van der Waals surface area contributed by atoms with Crippen molar-refractivity contribution in [1.29, 1.82) is 0 Å².